The van der Waals surface area contributed by atoms with Crippen LogP contribution in [-0.2, 0) is 0 Å². The maximum Gasteiger partial charge on any atom is 0.257 e. The molecule has 2 aromatic carbocycles. The molecule has 0 radical (unpaired) electrons. The summed E-state index contributed by atoms with van der Waals surface area (Å²) in [6, 6.07) is 12.9. The van der Waals surface area contributed by atoms with Gasteiger partial charge in [-0.15, -0.1) is 12.4 Å². The van der Waals surface area contributed by atoms with E-state index < -0.39 is 17.0 Å². The minimum absolute atomic E-state index is 0. The van der Waals surface area contributed by atoms with Crippen molar-refractivity contribution in [3.05, 3.63) is 64.9 Å². The molecule has 0 aliphatic rings. The Bertz CT molecular complexity index is 769. The molecule has 2 amide bonds. The Morgan fingerprint density at radius 3 is 2.33 bits per heavy atom. The van der Waals surface area contributed by atoms with Crippen molar-refractivity contribution < 1.29 is 20.0 Å². The molecule has 0 heterocycles. The number of likely N-dealkylation sites (N-methyl/N-ethyl adjacent to an activating group) is 1. The number of para-hydroxylation sites is 1. The molecule has 0 saturated heterocycles. The molecule has 0 aliphatic carbocycles. The molecular formula is C18H23ClN4O4. The molecule has 27 heavy (non-hydrogen) atoms. The van der Waals surface area contributed by atoms with E-state index in [1.165, 1.54) is 18.2 Å². The van der Waals surface area contributed by atoms with Gasteiger partial charge in [0.2, 0.25) is 0 Å². The fourth-order valence-corrected chi connectivity index (χ4v) is 2.35. The van der Waals surface area contributed by atoms with Crippen molar-refractivity contribution in [3.63, 3.8) is 0 Å². The van der Waals surface area contributed by atoms with E-state index in [1.54, 1.807) is 30.3 Å². The molecule has 0 fully saturated rings. The number of benzene rings is 2. The van der Waals surface area contributed by atoms with Gasteiger partial charge in [0.05, 0.1) is 0 Å². The summed E-state index contributed by atoms with van der Waals surface area (Å²) in [6.45, 7) is 1.00. The predicted molar refractivity (Wildman–Crippen MR) is 105 cm³/mol. The summed E-state index contributed by atoms with van der Waals surface area (Å²) < 4.78 is 0. The van der Waals surface area contributed by atoms with E-state index in [2.05, 4.69) is 10.6 Å². The Kier molecular flexibility index (Phi) is 8.86. The van der Waals surface area contributed by atoms with Gasteiger partial charge in [-0.3, -0.25) is 9.59 Å². The quantitative estimate of drug-likeness (QED) is 0.525. The Balaban J connectivity index is 0.00000364. The first-order valence-corrected chi connectivity index (χ1v) is 8.05. The van der Waals surface area contributed by atoms with Crippen molar-refractivity contribution in [3.8, 4) is 0 Å². The molecular weight excluding hydrogens is 372 g/mol. The van der Waals surface area contributed by atoms with E-state index in [4.69, 9.17) is 0 Å². The Hall–Kier alpha value is -2.49. The second-order valence-electron chi connectivity index (χ2n) is 5.91. The number of halogens is 1. The van der Waals surface area contributed by atoms with Crippen LogP contribution in [0.15, 0.2) is 48.5 Å². The lowest BCUT2D eigenvalue weighted by Gasteiger charge is -2.19. The Labute approximate surface area is 163 Å². The van der Waals surface area contributed by atoms with Crippen LogP contribution in [0, 0.1) is 5.21 Å². The summed E-state index contributed by atoms with van der Waals surface area (Å²) in [5, 5.41) is 25.2. The molecule has 9 heteroatoms. The van der Waals surface area contributed by atoms with Gasteiger partial charge in [-0.2, -0.15) is 5.23 Å². The molecule has 8 nitrogen and oxygen atoms in total. The van der Waals surface area contributed by atoms with Crippen molar-refractivity contribution in [1.82, 2.24) is 10.2 Å². The first kappa shape index (κ1) is 22.6. The normalized spacial score (nSPS) is 11.4. The molecule has 146 valence electrons. The second kappa shape index (κ2) is 10.6. The van der Waals surface area contributed by atoms with Crippen molar-refractivity contribution in [2.75, 3.05) is 32.5 Å². The highest BCUT2D eigenvalue weighted by molar-refractivity contribution is 6.08. The number of quaternary nitrogens is 1. The number of nitrogens with one attached hydrogen (secondary N) is 3. The molecule has 1 unspecified atom stereocenters. The first-order valence-electron chi connectivity index (χ1n) is 8.05. The molecule has 0 aromatic heterocycles. The van der Waals surface area contributed by atoms with E-state index in [0.29, 0.717) is 18.7 Å². The summed E-state index contributed by atoms with van der Waals surface area (Å²) in [4.78, 5) is 26.6. The van der Waals surface area contributed by atoms with Gasteiger partial charge in [-0.25, -0.2) is 5.21 Å². The number of hydrogen-bond donors (Lipinski definition) is 4. The van der Waals surface area contributed by atoms with Gasteiger partial charge in [0.25, 0.3) is 11.8 Å². The maximum absolute atomic E-state index is 12.4. The van der Waals surface area contributed by atoms with E-state index in [0.717, 1.165) is 0 Å². The molecule has 2 aromatic rings. The highest BCUT2D eigenvalue weighted by atomic mass is 35.5. The number of nitrogens with zero attached hydrogens (tertiary/aromatic N) is 1. The third-order valence-electron chi connectivity index (χ3n) is 3.65. The van der Waals surface area contributed by atoms with Crippen molar-refractivity contribution >= 4 is 35.6 Å². The van der Waals surface area contributed by atoms with Crippen LogP contribution in [0.3, 0.4) is 0 Å². The van der Waals surface area contributed by atoms with Crippen molar-refractivity contribution in [1.29, 1.82) is 0 Å². The lowest BCUT2D eigenvalue weighted by molar-refractivity contribution is -0.990. The summed E-state index contributed by atoms with van der Waals surface area (Å²) in [5.41, 5.74) is 0.234. The monoisotopic (exact) mass is 394 g/mol. The van der Waals surface area contributed by atoms with Crippen LogP contribution in [-0.4, -0.2) is 49.1 Å². The molecule has 0 saturated carbocycles. The lowest BCUT2D eigenvalue weighted by atomic mass is 10.1. The minimum Gasteiger partial charge on any atom is -0.595 e. The standard InChI is InChI=1S/C18H22N4O4.ClH/c1-21(2)12-11-19-18(24)14-9-6-10-15(16(14)22(25)26)20-17(23)13-7-4-3-5-8-13;/h3-10,22,25H,11-12H2,1-2H3,(H,19,24)(H,20,23);1H. The number of rotatable bonds is 7. The summed E-state index contributed by atoms with van der Waals surface area (Å²) in [6.07, 6.45) is 0. The third-order valence-corrected chi connectivity index (χ3v) is 3.65. The van der Waals surface area contributed by atoms with Gasteiger partial charge in [0.15, 0.2) is 5.69 Å². The SMILES string of the molecule is CN(C)CCNC(=O)c1cccc(NC(=O)c2ccccc2)c1[NH+]([O-])O.Cl. The van der Waals surface area contributed by atoms with E-state index in [-0.39, 0.29) is 29.3 Å². The lowest BCUT2D eigenvalue weighted by Crippen LogP contribution is -2.99. The van der Waals surface area contributed by atoms with E-state index in [9.17, 15) is 20.0 Å². The number of carbonyl (C=O) groups is 2. The molecule has 1 atom stereocenters. The summed E-state index contributed by atoms with van der Waals surface area (Å²) in [7, 11) is 3.74. The van der Waals surface area contributed by atoms with Gasteiger partial charge in [-0.1, -0.05) is 24.3 Å². The molecule has 0 bridgehead atoms. The smallest absolute Gasteiger partial charge is 0.257 e. The van der Waals surface area contributed by atoms with Gasteiger partial charge in [-0.05, 0) is 38.4 Å². The van der Waals surface area contributed by atoms with Crippen LogP contribution >= 0.6 is 12.4 Å². The fourth-order valence-electron chi connectivity index (χ4n) is 2.35. The van der Waals surface area contributed by atoms with Crippen LogP contribution in [0.5, 0.6) is 0 Å². The minimum atomic E-state index is -1.29. The highest BCUT2D eigenvalue weighted by Crippen LogP contribution is 2.23. The topological polar surface area (TPSA) is 109 Å². The molecule has 0 aliphatic heterocycles. The van der Waals surface area contributed by atoms with Gasteiger partial charge in [0, 0.05) is 18.7 Å². The predicted octanol–water partition coefficient (Wildman–Crippen LogP) is 1.06. The average molecular weight is 395 g/mol. The molecule has 2 rings (SSSR count). The van der Waals surface area contributed by atoms with Crippen LogP contribution in [0.25, 0.3) is 0 Å². The number of anilines is 1. The summed E-state index contributed by atoms with van der Waals surface area (Å²) in [5.74, 6) is -0.946. The zero-order valence-electron chi connectivity index (χ0n) is 15.1. The highest BCUT2D eigenvalue weighted by Gasteiger charge is 2.22. The first-order chi connectivity index (χ1) is 12.4. The Morgan fingerprint density at radius 2 is 1.74 bits per heavy atom. The van der Waals surface area contributed by atoms with Gasteiger partial charge in [0.1, 0.15) is 11.3 Å². The largest absolute Gasteiger partial charge is 0.595 e. The number of carbonyl (C=O) groups excluding carboxylic acids is 2. The zero-order valence-corrected chi connectivity index (χ0v) is 15.9. The van der Waals surface area contributed by atoms with Crippen LogP contribution in [0.2, 0.25) is 0 Å². The zero-order chi connectivity index (χ0) is 19.1. The van der Waals surface area contributed by atoms with E-state index in [1.807, 2.05) is 19.0 Å². The Morgan fingerprint density at radius 1 is 1.07 bits per heavy atom. The van der Waals surface area contributed by atoms with Gasteiger partial charge >= 0.3 is 0 Å². The molecule has 4 N–H and O–H groups in total. The maximum atomic E-state index is 12.4. The van der Waals surface area contributed by atoms with Crippen molar-refractivity contribution in [2.24, 2.45) is 0 Å². The fraction of sp³-hybridized carbons (Fsp3) is 0.222. The van der Waals surface area contributed by atoms with Crippen LogP contribution < -0.4 is 15.9 Å². The number of hydrogen-bond acceptors (Lipinski definition) is 5. The van der Waals surface area contributed by atoms with Crippen LogP contribution in [0.4, 0.5) is 11.4 Å². The van der Waals surface area contributed by atoms with Crippen molar-refractivity contribution in [2.45, 2.75) is 0 Å². The van der Waals surface area contributed by atoms with Crippen LogP contribution in [0.1, 0.15) is 20.7 Å². The molecule has 0 spiro atoms. The van der Waals surface area contributed by atoms with Gasteiger partial charge < -0.3 is 20.7 Å². The van der Waals surface area contributed by atoms with E-state index >= 15 is 0 Å². The third kappa shape index (κ3) is 6.31. The summed E-state index contributed by atoms with van der Waals surface area (Å²) >= 11 is 0. The second-order valence-corrected chi connectivity index (χ2v) is 5.91. The number of amides is 2. The average Bonchev–Trinajstić information content (AvgIpc) is 2.61.